The number of fused-ring (bicyclic) bond motifs is 2. The van der Waals surface area contributed by atoms with Gasteiger partial charge in [-0.25, -0.2) is 14.2 Å². The number of rotatable bonds is 8. The van der Waals surface area contributed by atoms with Crippen LogP contribution in [0, 0.1) is 5.82 Å². The lowest BCUT2D eigenvalue weighted by molar-refractivity contribution is -0.0592. The first kappa shape index (κ1) is 28.6. The van der Waals surface area contributed by atoms with Crippen LogP contribution in [-0.2, 0) is 42.1 Å². The largest absolute Gasteiger partial charge is 0.489 e. The summed E-state index contributed by atoms with van der Waals surface area (Å²) in [6.45, 7) is 9.49. The van der Waals surface area contributed by atoms with Crippen LogP contribution in [-0.4, -0.2) is 45.3 Å². The highest BCUT2D eigenvalue weighted by molar-refractivity contribution is 6.30. The first-order chi connectivity index (χ1) is 20.1. The Balaban J connectivity index is 1.20. The Morgan fingerprint density at radius 2 is 1.95 bits per heavy atom. The van der Waals surface area contributed by atoms with Crippen molar-refractivity contribution >= 4 is 28.6 Å². The van der Waals surface area contributed by atoms with Crippen LogP contribution in [0.25, 0.3) is 11.0 Å². The van der Waals surface area contributed by atoms with Gasteiger partial charge in [0.25, 0.3) is 0 Å². The summed E-state index contributed by atoms with van der Waals surface area (Å²) >= 11 is 5.88. The van der Waals surface area contributed by atoms with E-state index in [9.17, 15) is 9.18 Å². The number of hydrogen-bond acceptors (Lipinski definition) is 6. The van der Waals surface area contributed by atoms with Crippen LogP contribution in [0.5, 0.6) is 5.75 Å². The molecular formula is C33H35ClFN3O4. The number of nitrogens with zero attached hydrogens (tertiary/aromatic N) is 3. The molecule has 0 saturated carbocycles. The van der Waals surface area contributed by atoms with Crippen LogP contribution in [0.2, 0.25) is 5.02 Å². The first-order valence-electron chi connectivity index (χ1n) is 14.4. The van der Waals surface area contributed by atoms with Gasteiger partial charge in [-0.1, -0.05) is 23.7 Å². The lowest BCUT2D eigenvalue weighted by atomic mass is 9.99. The molecule has 7 nitrogen and oxygen atoms in total. The molecule has 0 amide bonds. The van der Waals surface area contributed by atoms with Crippen molar-refractivity contribution in [1.29, 1.82) is 0 Å². The maximum Gasteiger partial charge on any atom is 0.338 e. The molecular weight excluding hydrogens is 557 g/mol. The molecule has 3 heterocycles. The second-order valence-corrected chi connectivity index (χ2v) is 12.5. The van der Waals surface area contributed by atoms with Crippen molar-refractivity contribution in [3.63, 3.8) is 0 Å². The average Bonchev–Trinajstić information content (AvgIpc) is 3.24. The van der Waals surface area contributed by atoms with Gasteiger partial charge in [-0.3, -0.25) is 4.90 Å². The van der Waals surface area contributed by atoms with Gasteiger partial charge in [0.1, 0.15) is 29.6 Å². The third-order valence-electron chi connectivity index (χ3n) is 7.68. The summed E-state index contributed by atoms with van der Waals surface area (Å²) in [7, 11) is 0. The molecule has 0 aliphatic carbocycles. The number of imidazole rings is 1. The maximum atomic E-state index is 14.2. The predicted molar refractivity (Wildman–Crippen MR) is 159 cm³/mol. The fourth-order valence-corrected chi connectivity index (χ4v) is 5.57. The van der Waals surface area contributed by atoms with E-state index in [1.807, 2.05) is 45.0 Å². The third kappa shape index (κ3) is 6.46. The minimum atomic E-state index is -0.571. The zero-order chi connectivity index (χ0) is 29.4. The molecule has 1 atom stereocenters. The molecule has 0 unspecified atom stereocenters. The fraction of sp³-hybridized carbons (Fsp3) is 0.394. The van der Waals surface area contributed by atoms with Gasteiger partial charge in [0.05, 0.1) is 35.8 Å². The smallest absolute Gasteiger partial charge is 0.338 e. The van der Waals surface area contributed by atoms with Gasteiger partial charge in [0.15, 0.2) is 0 Å². The van der Waals surface area contributed by atoms with Crippen molar-refractivity contribution in [2.24, 2.45) is 0 Å². The van der Waals surface area contributed by atoms with E-state index in [-0.39, 0.29) is 24.5 Å². The quantitative estimate of drug-likeness (QED) is 0.212. The van der Waals surface area contributed by atoms with Crippen LogP contribution in [0.4, 0.5) is 4.39 Å². The topological polar surface area (TPSA) is 65.8 Å². The summed E-state index contributed by atoms with van der Waals surface area (Å²) in [6.07, 6.45) is 2.06. The second kappa shape index (κ2) is 11.7. The minimum Gasteiger partial charge on any atom is -0.489 e. The van der Waals surface area contributed by atoms with Crippen LogP contribution >= 0.6 is 11.6 Å². The highest BCUT2D eigenvalue weighted by atomic mass is 35.5. The first-order valence-corrected chi connectivity index (χ1v) is 14.7. The zero-order valence-electron chi connectivity index (χ0n) is 24.2. The molecule has 4 aromatic rings. The number of hydrogen-bond donors (Lipinski definition) is 0. The minimum absolute atomic E-state index is 0.129. The highest BCUT2D eigenvalue weighted by Crippen LogP contribution is 2.28. The van der Waals surface area contributed by atoms with E-state index in [1.54, 1.807) is 18.2 Å². The normalized spacial score (nSPS) is 17.1. The molecule has 1 fully saturated rings. The molecule has 2 aliphatic rings. The lowest BCUT2D eigenvalue weighted by Crippen LogP contribution is -2.34. The van der Waals surface area contributed by atoms with Crippen LogP contribution < -0.4 is 4.74 Å². The van der Waals surface area contributed by atoms with E-state index in [0.717, 1.165) is 49.4 Å². The van der Waals surface area contributed by atoms with Gasteiger partial charge in [-0.05, 0) is 87.2 Å². The fourth-order valence-electron chi connectivity index (χ4n) is 5.41. The van der Waals surface area contributed by atoms with Crippen LogP contribution in [0.3, 0.4) is 0 Å². The van der Waals surface area contributed by atoms with Gasteiger partial charge in [0, 0.05) is 30.3 Å². The Bertz CT molecular complexity index is 1630. The van der Waals surface area contributed by atoms with Crippen molar-refractivity contribution in [2.45, 2.75) is 71.6 Å². The van der Waals surface area contributed by atoms with Crippen molar-refractivity contribution in [2.75, 3.05) is 13.2 Å². The standard InChI is InChI=1S/C33H35ClFN3O4/c1-33(2,3)42-32(39)22-6-9-29-30(15-22)38(18-27-11-13-40-27)31(36-29)19-37-12-10-21-5-8-26(14-24(21)17-37)41-20-23-4-7-25(34)16-28(23)35/h4-9,14-16,27H,10-13,17-20H2,1-3H3/t27-/m0/s1. The maximum absolute atomic E-state index is 14.2. The van der Waals surface area contributed by atoms with Crippen molar-refractivity contribution in [3.05, 3.63) is 93.5 Å². The molecule has 0 bridgehead atoms. The summed E-state index contributed by atoms with van der Waals surface area (Å²) in [5, 5.41) is 0.363. The van der Waals surface area contributed by atoms with Crippen LogP contribution in [0.1, 0.15) is 60.1 Å². The summed E-state index contributed by atoms with van der Waals surface area (Å²) in [5.41, 5.74) is 4.63. The summed E-state index contributed by atoms with van der Waals surface area (Å²) in [4.78, 5) is 20.2. The van der Waals surface area contributed by atoms with Gasteiger partial charge < -0.3 is 18.8 Å². The molecule has 0 N–H and O–H groups in total. The summed E-state index contributed by atoms with van der Waals surface area (Å²) in [5.74, 6) is 0.924. The molecule has 2 aliphatic heterocycles. The molecule has 0 radical (unpaired) electrons. The molecule has 1 saturated heterocycles. The lowest BCUT2D eigenvalue weighted by Gasteiger charge is -2.30. The van der Waals surface area contributed by atoms with Crippen molar-refractivity contribution < 1.29 is 23.4 Å². The van der Waals surface area contributed by atoms with Crippen molar-refractivity contribution in [3.8, 4) is 5.75 Å². The molecule has 42 heavy (non-hydrogen) atoms. The third-order valence-corrected chi connectivity index (χ3v) is 7.92. The van der Waals surface area contributed by atoms with E-state index >= 15 is 0 Å². The molecule has 1 aromatic heterocycles. The van der Waals surface area contributed by atoms with Crippen molar-refractivity contribution in [1.82, 2.24) is 14.5 Å². The Labute approximate surface area is 250 Å². The predicted octanol–water partition coefficient (Wildman–Crippen LogP) is 6.71. The Hall–Kier alpha value is -3.46. The summed E-state index contributed by atoms with van der Waals surface area (Å²) in [6, 6.07) is 16.3. The average molecular weight is 592 g/mol. The number of aromatic nitrogens is 2. The van der Waals surface area contributed by atoms with Gasteiger partial charge in [0.2, 0.25) is 0 Å². The second-order valence-electron chi connectivity index (χ2n) is 12.0. The number of carbonyl (C=O) groups excluding carboxylic acids is 1. The zero-order valence-corrected chi connectivity index (χ0v) is 24.9. The Morgan fingerprint density at radius 3 is 2.69 bits per heavy atom. The number of benzene rings is 3. The molecule has 6 rings (SSSR count). The number of carbonyl (C=O) groups is 1. The number of ether oxygens (including phenoxy) is 3. The molecule has 0 spiro atoms. The Kier molecular flexibility index (Phi) is 7.96. The molecule has 3 aromatic carbocycles. The molecule has 9 heteroatoms. The van der Waals surface area contributed by atoms with E-state index < -0.39 is 5.60 Å². The van der Waals surface area contributed by atoms with E-state index in [1.165, 1.54) is 17.2 Å². The van der Waals surface area contributed by atoms with Gasteiger partial charge in [-0.15, -0.1) is 0 Å². The Morgan fingerprint density at radius 1 is 1.12 bits per heavy atom. The monoisotopic (exact) mass is 591 g/mol. The van der Waals surface area contributed by atoms with E-state index in [0.29, 0.717) is 35.0 Å². The van der Waals surface area contributed by atoms with Gasteiger partial charge >= 0.3 is 5.97 Å². The summed E-state index contributed by atoms with van der Waals surface area (Å²) < 4.78 is 33.7. The number of esters is 1. The number of halogens is 2. The highest BCUT2D eigenvalue weighted by Gasteiger charge is 2.25. The van der Waals surface area contributed by atoms with Gasteiger partial charge in [-0.2, -0.15) is 0 Å². The SMILES string of the molecule is CC(C)(C)OC(=O)c1ccc2nc(CN3CCc4ccc(OCc5ccc(Cl)cc5F)cc4C3)n(C[C@@H]3CCO3)c2c1. The van der Waals surface area contributed by atoms with E-state index in [2.05, 4.69) is 15.5 Å². The molecule has 220 valence electrons. The van der Waals surface area contributed by atoms with E-state index in [4.69, 9.17) is 30.8 Å². The van der Waals surface area contributed by atoms with Crippen LogP contribution in [0.15, 0.2) is 54.6 Å².